The van der Waals surface area contributed by atoms with Crippen LogP contribution in [0.25, 0.3) is 0 Å². The summed E-state index contributed by atoms with van der Waals surface area (Å²) in [5, 5.41) is 9.17. The summed E-state index contributed by atoms with van der Waals surface area (Å²) in [7, 11) is 0. The van der Waals surface area contributed by atoms with Gasteiger partial charge < -0.3 is 9.84 Å². The van der Waals surface area contributed by atoms with Gasteiger partial charge >= 0.3 is 0 Å². The normalized spacial score (nSPS) is 10.4. The van der Waals surface area contributed by atoms with Crippen molar-refractivity contribution in [1.82, 2.24) is 4.98 Å². The summed E-state index contributed by atoms with van der Waals surface area (Å²) in [6.07, 6.45) is 1.44. The molecule has 1 heterocycles. The molecule has 2 aromatic rings. The number of ether oxygens (including phenoxy) is 1. The van der Waals surface area contributed by atoms with Crippen molar-refractivity contribution in [2.24, 2.45) is 0 Å². The second-order valence-corrected chi connectivity index (χ2v) is 4.73. The van der Waals surface area contributed by atoms with E-state index >= 15 is 0 Å². The van der Waals surface area contributed by atoms with Crippen LogP contribution in [0.2, 0.25) is 5.02 Å². The number of aliphatic hydroxyl groups excluding tert-OH is 1. The predicted molar refractivity (Wildman–Crippen MR) is 69.3 cm³/mol. The van der Waals surface area contributed by atoms with Crippen molar-refractivity contribution in [3.05, 3.63) is 51.3 Å². The summed E-state index contributed by atoms with van der Waals surface area (Å²) in [6, 6.07) is 5.88. The molecule has 0 spiro atoms. The van der Waals surface area contributed by atoms with Gasteiger partial charge in [0.25, 0.3) is 0 Å². The van der Waals surface area contributed by atoms with Crippen LogP contribution < -0.4 is 4.74 Å². The first-order valence-electron chi connectivity index (χ1n) is 4.98. The van der Waals surface area contributed by atoms with Gasteiger partial charge in [0.05, 0.1) is 11.1 Å². The Morgan fingerprint density at radius 2 is 2.17 bits per heavy atom. The van der Waals surface area contributed by atoms with Crippen LogP contribution >= 0.6 is 27.5 Å². The highest BCUT2D eigenvalue weighted by Crippen LogP contribution is 2.29. The lowest BCUT2D eigenvalue weighted by molar-refractivity contribution is 0.281. The Morgan fingerprint density at radius 1 is 1.39 bits per heavy atom. The fourth-order valence-electron chi connectivity index (χ4n) is 1.28. The fraction of sp³-hybridized carbons (Fsp3) is 0.0833. The maximum Gasteiger partial charge on any atom is 0.238 e. The first kappa shape index (κ1) is 13.3. The molecule has 0 aliphatic heterocycles. The zero-order valence-corrected chi connectivity index (χ0v) is 11.4. The second kappa shape index (κ2) is 5.65. The van der Waals surface area contributed by atoms with Gasteiger partial charge in [-0.25, -0.2) is 9.37 Å². The summed E-state index contributed by atoms with van der Waals surface area (Å²) in [5.41, 5.74) is 0.578. The van der Waals surface area contributed by atoms with Gasteiger partial charge in [-0.1, -0.05) is 11.6 Å². The highest BCUT2D eigenvalue weighted by molar-refractivity contribution is 9.10. The molecule has 2 rings (SSSR count). The Morgan fingerprint density at radius 3 is 2.78 bits per heavy atom. The number of aromatic nitrogens is 1. The van der Waals surface area contributed by atoms with Gasteiger partial charge in [0, 0.05) is 12.3 Å². The van der Waals surface area contributed by atoms with Gasteiger partial charge in [-0.05, 0) is 39.7 Å². The smallest absolute Gasteiger partial charge is 0.238 e. The minimum absolute atomic E-state index is 0.153. The number of benzene rings is 1. The second-order valence-electron chi connectivity index (χ2n) is 3.47. The molecular weight excluding hydrogens is 324 g/mol. The van der Waals surface area contributed by atoms with E-state index < -0.39 is 5.82 Å². The van der Waals surface area contributed by atoms with Gasteiger partial charge in [0.15, 0.2) is 0 Å². The molecular formula is C12H8BrClFNO2. The third kappa shape index (κ3) is 2.98. The lowest BCUT2D eigenvalue weighted by Crippen LogP contribution is -1.92. The Balaban J connectivity index is 2.25. The molecule has 18 heavy (non-hydrogen) atoms. The van der Waals surface area contributed by atoms with Crippen molar-refractivity contribution in [3.8, 4) is 11.6 Å². The molecule has 6 heteroatoms. The Hall–Kier alpha value is -1.17. The van der Waals surface area contributed by atoms with Crippen LogP contribution in [-0.4, -0.2) is 10.1 Å². The molecule has 0 saturated heterocycles. The van der Waals surface area contributed by atoms with Crippen LogP contribution in [0, 0.1) is 5.82 Å². The van der Waals surface area contributed by atoms with Gasteiger partial charge in [-0.3, -0.25) is 0 Å². The minimum Gasteiger partial charge on any atom is -0.437 e. The molecule has 1 aromatic heterocycles. The number of rotatable bonds is 3. The summed E-state index contributed by atoms with van der Waals surface area (Å²) in [4.78, 5) is 3.95. The topological polar surface area (TPSA) is 42.4 Å². The van der Waals surface area contributed by atoms with Crippen LogP contribution in [0.1, 0.15) is 5.56 Å². The third-order valence-corrected chi connectivity index (χ3v) is 3.07. The summed E-state index contributed by atoms with van der Waals surface area (Å²) < 4.78 is 19.0. The van der Waals surface area contributed by atoms with Crippen LogP contribution in [0.3, 0.4) is 0 Å². The fourth-order valence-corrected chi connectivity index (χ4v) is 1.75. The molecule has 0 amide bonds. The first-order valence-corrected chi connectivity index (χ1v) is 6.15. The number of halogens is 3. The van der Waals surface area contributed by atoms with Crippen molar-refractivity contribution in [2.75, 3.05) is 0 Å². The highest BCUT2D eigenvalue weighted by Gasteiger charge is 2.08. The molecule has 0 aliphatic rings. The molecule has 0 atom stereocenters. The SMILES string of the molecule is OCc1cnc(Oc2ccc(Br)c(F)c2)c(Cl)c1. The largest absolute Gasteiger partial charge is 0.437 e. The van der Waals surface area contributed by atoms with Crippen molar-refractivity contribution in [2.45, 2.75) is 6.61 Å². The van der Waals surface area contributed by atoms with Crippen LogP contribution in [0.15, 0.2) is 34.9 Å². The standard InChI is InChI=1S/C12H8BrClFNO2/c13-9-2-1-8(4-11(9)15)18-12-10(14)3-7(6-17)5-16-12/h1-5,17H,6H2. The Labute approximate surface area is 116 Å². The van der Waals surface area contributed by atoms with E-state index in [1.165, 1.54) is 18.3 Å². The van der Waals surface area contributed by atoms with Crippen molar-refractivity contribution < 1.29 is 14.2 Å². The first-order chi connectivity index (χ1) is 8.60. The number of aliphatic hydroxyl groups is 1. The van der Waals surface area contributed by atoms with Crippen molar-refractivity contribution in [1.29, 1.82) is 0 Å². The van der Waals surface area contributed by atoms with Crippen molar-refractivity contribution in [3.63, 3.8) is 0 Å². The zero-order valence-electron chi connectivity index (χ0n) is 9.03. The van der Waals surface area contributed by atoms with Gasteiger partial charge in [-0.2, -0.15) is 0 Å². The molecule has 3 nitrogen and oxygen atoms in total. The Bertz CT molecular complexity index is 580. The van der Waals surface area contributed by atoms with Gasteiger partial charge in [0.1, 0.15) is 16.6 Å². The van der Waals surface area contributed by atoms with Crippen LogP contribution in [0.4, 0.5) is 4.39 Å². The van der Waals surface area contributed by atoms with Gasteiger partial charge in [0.2, 0.25) is 5.88 Å². The molecule has 0 fully saturated rings. The molecule has 0 unspecified atom stereocenters. The average molecular weight is 333 g/mol. The van der Waals surface area contributed by atoms with E-state index in [0.29, 0.717) is 15.8 Å². The quantitative estimate of drug-likeness (QED) is 0.926. The van der Waals surface area contributed by atoms with E-state index in [0.717, 1.165) is 0 Å². The molecule has 0 radical (unpaired) electrons. The zero-order chi connectivity index (χ0) is 13.1. The molecule has 94 valence electrons. The molecule has 1 N–H and O–H groups in total. The van der Waals surface area contributed by atoms with Crippen LogP contribution in [-0.2, 0) is 6.61 Å². The summed E-state index contributed by atoms with van der Waals surface area (Å²) in [6.45, 7) is -0.153. The number of pyridine rings is 1. The average Bonchev–Trinajstić information content (AvgIpc) is 2.36. The predicted octanol–water partition coefficient (Wildman–Crippen LogP) is 3.92. The van der Waals surface area contributed by atoms with E-state index in [2.05, 4.69) is 20.9 Å². The minimum atomic E-state index is -0.435. The van der Waals surface area contributed by atoms with E-state index in [9.17, 15) is 4.39 Å². The monoisotopic (exact) mass is 331 g/mol. The highest BCUT2D eigenvalue weighted by atomic mass is 79.9. The lowest BCUT2D eigenvalue weighted by Gasteiger charge is -2.07. The number of hydrogen-bond acceptors (Lipinski definition) is 3. The molecule has 0 saturated carbocycles. The summed E-state index contributed by atoms with van der Waals surface area (Å²) in [5.74, 6) is 0.0213. The Kier molecular flexibility index (Phi) is 4.16. The van der Waals surface area contributed by atoms with E-state index in [1.54, 1.807) is 12.1 Å². The number of hydrogen-bond donors (Lipinski definition) is 1. The molecule has 1 aromatic carbocycles. The lowest BCUT2D eigenvalue weighted by atomic mass is 10.3. The van der Waals surface area contributed by atoms with E-state index in [4.69, 9.17) is 21.4 Å². The maximum absolute atomic E-state index is 13.3. The van der Waals surface area contributed by atoms with Gasteiger partial charge in [-0.15, -0.1) is 0 Å². The van der Waals surface area contributed by atoms with Crippen molar-refractivity contribution >= 4 is 27.5 Å². The molecule has 0 aliphatic carbocycles. The third-order valence-electron chi connectivity index (χ3n) is 2.15. The van der Waals surface area contributed by atoms with E-state index in [-0.39, 0.29) is 17.5 Å². The molecule has 0 bridgehead atoms. The van der Waals surface area contributed by atoms with E-state index in [1.807, 2.05) is 0 Å². The summed E-state index contributed by atoms with van der Waals surface area (Å²) >= 11 is 8.98. The maximum atomic E-state index is 13.3. The number of nitrogens with zero attached hydrogens (tertiary/aromatic N) is 1. The van der Waals surface area contributed by atoms with Crippen LogP contribution in [0.5, 0.6) is 11.6 Å².